The van der Waals surface area contributed by atoms with E-state index >= 15 is 0 Å². The normalized spacial score (nSPS) is 11.1. The molecule has 4 heteroatoms. The third-order valence-electron chi connectivity index (χ3n) is 2.63. The summed E-state index contributed by atoms with van der Waals surface area (Å²) in [6, 6.07) is 10.9. The molecule has 1 aromatic carbocycles. The molecule has 0 spiro atoms. The van der Waals surface area contributed by atoms with E-state index in [-0.39, 0.29) is 0 Å². The van der Waals surface area contributed by atoms with Gasteiger partial charge in [-0.15, -0.1) is 22.7 Å². The summed E-state index contributed by atoms with van der Waals surface area (Å²) in [6.45, 7) is 0.938. The van der Waals surface area contributed by atoms with Gasteiger partial charge in [0, 0.05) is 16.3 Å². The van der Waals surface area contributed by atoms with Crippen molar-refractivity contribution in [2.24, 2.45) is 0 Å². The molecule has 0 radical (unpaired) electrons. The first kappa shape index (κ1) is 10.9. The maximum absolute atomic E-state index is 4.30. The molecule has 0 unspecified atom stereocenters. The molecule has 2 nitrogen and oxygen atoms in total. The summed E-state index contributed by atoms with van der Waals surface area (Å²) in [5.74, 6) is 0. The van der Waals surface area contributed by atoms with Crippen molar-refractivity contribution in [1.29, 1.82) is 0 Å². The van der Waals surface area contributed by atoms with Crippen molar-refractivity contribution in [3.63, 3.8) is 0 Å². The summed E-state index contributed by atoms with van der Waals surface area (Å²) in [4.78, 5) is 6.99. The number of hydrogen-bond acceptors (Lipinski definition) is 4. The van der Waals surface area contributed by atoms with Crippen LogP contribution in [0.2, 0.25) is 0 Å². The SMILES string of the molecule is CNCc1ccc(-c2ccc3ncsc3c2)s1. The quantitative estimate of drug-likeness (QED) is 0.776. The van der Waals surface area contributed by atoms with Gasteiger partial charge in [-0.2, -0.15) is 0 Å². The number of nitrogens with zero attached hydrogens (tertiary/aromatic N) is 1. The Hall–Kier alpha value is -1.23. The van der Waals surface area contributed by atoms with Crippen LogP contribution in [0.4, 0.5) is 0 Å². The van der Waals surface area contributed by atoms with Gasteiger partial charge in [0.1, 0.15) is 0 Å². The summed E-state index contributed by atoms with van der Waals surface area (Å²) in [7, 11) is 1.97. The minimum absolute atomic E-state index is 0.938. The van der Waals surface area contributed by atoms with E-state index in [0.717, 1.165) is 12.1 Å². The number of thiazole rings is 1. The average molecular weight is 260 g/mol. The van der Waals surface area contributed by atoms with Gasteiger partial charge in [0.15, 0.2) is 0 Å². The molecule has 0 saturated carbocycles. The fourth-order valence-corrected chi connectivity index (χ4v) is 3.54. The Morgan fingerprint density at radius 2 is 2.18 bits per heavy atom. The van der Waals surface area contributed by atoms with Gasteiger partial charge in [-0.3, -0.25) is 0 Å². The lowest BCUT2D eigenvalue weighted by atomic mass is 10.2. The lowest BCUT2D eigenvalue weighted by Crippen LogP contribution is -2.02. The van der Waals surface area contributed by atoms with Crippen molar-refractivity contribution in [2.45, 2.75) is 6.54 Å². The molecular formula is C13H12N2S2. The number of nitrogens with one attached hydrogen (secondary N) is 1. The van der Waals surface area contributed by atoms with E-state index < -0.39 is 0 Å². The van der Waals surface area contributed by atoms with Crippen LogP contribution in [-0.2, 0) is 6.54 Å². The highest BCUT2D eigenvalue weighted by molar-refractivity contribution is 7.17. The molecule has 17 heavy (non-hydrogen) atoms. The molecule has 3 rings (SSSR count). The van der Waals surface area contributed by atoms with Gasteiger partial charge in [-0.1, -0.05) is 6.07 Å². The second-order valence-electron chi connectivity index (χ2n) is 3.83. The van der Waals surface area contributed by atoms with Crippen molar-refractivity contribution < 1.29 is 0 Å². The van der Waals surface area contributed by atoms with Crippen LogP contribution in [0.25, 0.3) is 20.7 Å². The van der Waals surface area contributed by atoms with E-state index in [1.807, 2.05) is 23.9 Å². The average Bonchev–Trinajstić information content (AvgIpc) is 2.96. The van der Waals surface area contributed by atoms with E-state index in [1.165, 1.54) is 20.0 Å². The molecule has 0 bridgehead atoms. The third-order valence-corrected chi connectivity index (χ3v) is 4.55. The molecule has 2 aromatic heterocycles. The summed E-state index contributed by atoms with van der Waals surface area (Å²) in [6.07, 6.45) is 0. The summed E-state index contributed by atoms with van der Waals surface area (Å²) in [5, 5.41) is 3.18. The second kappa shape index (κ2) is 4.56. The van der Waals surface area contributed by atoms with E-state index in [9.17, 15) is 0 Å². The number of fused-ring (bicyclic) bond motifs is 1. The number of thiophene rings is 1. The molecule has 86 valence electrons. The standard InChI is InChI=1S/C13H12N2S2/c1-14-7-10-3-5-12(17-10)9-2-4-11-13(6-9)16-8-15-11/h2-6,8,14H,7H2,1H3. The lowest BCUT2D eigenvalue weighted by molar-refractivity contribution is 0.831. The van der Waals surface area contributed by atoms with E-state index in [2.05, 4.69) is 40.6 Å². The van der Waals surface area contributed by atoms with Crippen molar-refractivity contribution in [1.82, 2.24) is 10.3 Å². The maximum Gasteiger partial charge on any atom is 0.0812 e. The Morgan fingerprint density at radius 1 is 1.24 bits per heavy atom. The van der Waals surface area contributed by atoms with Gasteiger partial charge >= 0.3 is 0 Å². The van der Waals surface area contributed by atoms with Gasteiger partial charge in [-0.25, -0.2) is 4.98 Å². The van der Waals surface area contributed by atoms with Crippen LogP contribution in [-0.4, -0.2) is 12.0 Å². The van der Waals surface area contributed by atoms with Crippen LogP contribution >= 0.6 is 22.7 Å². The second-order valence-corrected chi connectivity index (χ2v) is 5.89. The van der Waals surface area contributed by atoms with Crippen molar-refractivity contribution >= 4 is 32.9 Å². The first-order valence-corrected chi connectivity index (χ1v) is 7.13. The smallest absolute Gasteiger partial charge is 0.0812 e. The largest absolute Gasteiger partial charge is 0.315 e. The van der Waals surface area contributed by atoms with E-state index in [0.29, 0.717) is 0 Å². The predicted octanol–water partition coefficient (Wildman–Crippen LogP) is 3.74. The van der Waals surface area contributed by atoms with Crippen LogP contribution in [0.3, 0.4) is 0 Å². The number of benzene rings is 1. The zero-order valence-corrected chi connectivity index (χ0v) is 11.1. The molecular weight excluding hydrogens is 248 g/mol. The minimum atomic E-state index is 0.938. The zero-order valence-electron chi connectivity index (χ0n) is 9.43. The van der Waals surface area contributed by atoms with Crippen molar-refractivity contribution in [2.75, 3.05) is 7.05 Å². The molecule has 0 amide bonds. The Labute approximate surface area is 108 Å². The molecule has 0 atom stereocenters. The molecule has 0 saturated heterocycles. The number of hydrogen-bond donors (Lipinski definition) is 1. The van der Waals surface area contributed by atoms with Gasteiger partial charge < -0.3 is 5.32 Å². The highest BCUT2D eigenvalue weighted by Crippen LogP contribution is 2.31. The van der Waals surface area contributed by atoms with E-state index in [4.69, 9.17) is 0 Å². The molecule has 0 aliphatic rings. The van der Waals surface area contributed by atoms with E-state index in [1.54, 1.807) is 11.3 Å². The predicted molar refractivity (Wildman–Crippen MR) is 75.7 cm³/mol. The molecule has 0 fully saturated rings. The lowest BCUT2D eigenvalue weighted by Gasteiger charge is -1.97. The number of aromatic nitrogens is 1. The highest BCUT2D eigenvalue weighted by Gasteiger charge is 2.04. The van der Waals surface area contributed by atoms with Gasteiger partial charge in [0.05, 0.1) is 15.7 Å². The Morgan fingerprint density at radius 3 is 3.06 bits per heavy atom. The first-order chi connectivity index (χ1) is 8.36. The molecule has 3 aromatic rings. The molecule has 2 heterocycles. The van der Waals surface area contributed by atoms with Gasteiger partial charge in [0.25, 0.3) is 0 Å². The highest BCUT2D eigenvalue weighted by atomic mass is 32.1. The van der Waals surface area contributed by atoms with Gasteiger partial charge in [0.2, 0.25) is 0 Å². The zero-order chi connectivity index (χ0) is 11.7. The van der Waals surface area contributed by atoms with Crippen molar-refractivity contribution in [3.8, 4) is 10.4 Å². The third kappa shape index (κ3) is 2.11. The molecule has 0 aliphatic carbocycles. The van der Waals surface area contributed by atoms with Crippen LogP contribution < -0.4 is 5.32 Å². The molecule has 0 aliphatic heterocycles. The minimum Gasteiger partial charge on any atom is -0.315 e. The monoisotopic (exact) mass is 260 g/mol. The fraction of sp³-hybridized carbons (Fsp3) is 0.154. The Balaban J connectivity index is 2.00. The Kier molecular flexibility index (Phi) is 2.93. The van der Waals surface area contributed by atoms with Crippen LogP contribution in [0.1, 0.15) is 4.88 Å². The number of rotatable bonds is 3. The maximum atomic E-state index is 4.30. The van der Waals surface area contributed by atoms with Crippen molar-refractivity contribution in [3.05, 3.63) is 40.7 Å². The van der Waals surface area contributed by atoms with Crippen LogP contribution in [0.5, 0.6) is 0 Å². The summed E-state index contributed by atoms with van der Waals surface area (Å²) in [5.41, 5.74) is 4.27. The summed E-state index contributed by atoms with van der Waals surface area (Å²) >= 11 is 3.54. The van der Waals surface area contributed by atoms with Crippen LogP contribution in [0, 0.1) is 0 Å². The van der Waals surface area contributed by atoms with Gasteiger partial charge in [-0.05, 0) is 36.9 Å². The first-order valence-electron chi connectivity index (χ1n) is 5.44. The fourth-order valence-electron chi connectivity index (χ4n) is 1.81. The Bertz CT molecular complexity index is 639. The van der Waals surface area contributed by atoms with Crippen LogP contribution in [0.15, 0.2) is 35.8 Å². The topological polar surface area (TPSA) is 24.9 Å². The molecule has 1 N–H and O–H groups in total. The summed E-state index contributed by atoms with van der Waals surface area (Å²) < 4.78 is 1.26.